The first kappa shape index (κ1) is 13.5. The molecule has 3 heteroatoms. The predicted molar refractivity (Wildman–Crippen MR) is 65.4 cm³/mol. The Morgan fingerprint density at radius 1 is 1.44 bits per heavy atom. The number of hydrogen-bond acceptors (Lipinski definition) is 2. The molecule has 0 aromatic rings. The van der Waals surface area contributed by atoms with Crippen molar-refractivity contribution in [1.82, 2.24) is 5.32 Å². The number of nitrogens with one attached hydrogen (secondary N) is 1. The lowest BCUT2D eigenvalue weighted by Crippen LogP contribution is -2.44. The van der Waals surface area contributed by atoms with Gasteiger partial charge < -0.3 is 10.4 Å². The van der Waals surface area contributed by atoms with E-state index in [9.17, 15) is 4.79 Å². The molecule has 0 saturated heterocycles. The van der Waals surface area contributed by atoms with Crippen molar-refractivity contribution in [2.45, 2.75) is 65.0 Å². The maximum absolute atomic E-state index is 11.0. The van der Waals surface area contributed by atoms with E-state index in [0.29, 0.717) is 18.0 Å². The standard InChI is InChI=1S/C13H25NO2/c1-4-12(9(2)3)14-11-7-5-6-10(8-11)13(15)16/h9-12,14H,4-8H2,1-3H3,(H,15,16). The SMILES string of the molecule is CCC(NC1CCCC(C(=O)O)C1)C(C)C. The largest absolute Gasteiger partial charge is 0.481 e. The quantitative estimate of drug-likeness (QED) is 0.759. The third kappa shape index (κ3) is 3.78. The van der Waals surface area contributed by atoms with E-state index in [1.165, 1.54) is 0 Å². The lowest BCUT2D eigenvalue weighted by molar-refractivity contribution is -0.143. The van der Waals surface area contributed by atoms with Crippen molar-refractivity contribution in [3.63, 3.8) is 0 Å². The van der Waals surface area contributed by atoms with Gasteiger partial charge in [-0.25, -0.2) is 0 Å². The van der Waals surface area contributed by atoms with Crippen LogP contribution in [0.4, 0.5) is 0 Å². The fourth-order valence-electron chi connectivity index (χ4n) is 2.65. The molecule has 0 spiro atoms. The molecule has 3 nitrogen and oxygen atoms in total. The number of aliphatic carboxylic acids is 1. The van der Waals surface area contributed by atoms with Crippen LogP contribution in [-0.4, -0.2) is 23.2 Å². The highest BCUT2D eigenvalue weighted by Gasteiger charge is 2.28. The molecule has 0 aliphatic heterocycles. The Bertz CT molecular complexity index is 228. The van der Waals surface area contributed by atoms with Crippen LogP contribution >= 0.6 is 0 Å². The molecule has 16 heavy (non-hydrogen) atoms. The van der Waals surface area contributed by atoms with Gasteiger partial charge in [-0.2, -0.15) is 0 Å². The van der Waals surface area contributed by atoms with Gasteiger partial charge in [-0.3, -0.25) is 4.79 Å². The van der Waals surface area contributed by atoms with E-state index in [2.05, 4.69) is 26.1 Å². The molecule has 94 valence electrons. The van der Waals surface area contributed by atoms with E-state index < -0.39 is 5.97 Å². The molecule has 0 radical (unpaired) electrons. The van der Waals surface area contributed by atoms with Crippen LogP contribution in [0.2, 0.25) is 0 Å². The van der Waals surface area contributed by atoms with Gasteiger partial charge in [0.2, 0.25) is 0 Å². The topological polar surface area (TPSA) is 49.3 Å². The van der Waals surface area contributed by atoms with Crippen molar-refractivity contribution in [1.29, 1.82) is 0 Å². The summed E-state index contributed by atoms with van der Waals surface area (Å²) in [6, 6.07) is 0.930. The summed E-state index contributed by atoms with van der Waals surface area (Å²) in [5, 5.41) is 12.7. The summed E-state index contributed by atoms with van der Waals surface area (Å²) in [4.78, 5) is 11.0. The molecule has 1 aliphatic rings. The summed E-state index contributed by atoms with van der Waals surface area (Å²) >= 11 is 0. The molecule has 2 N–H and O–H groups in total. The molecule has 0 heterocycles. The van der Waals surface area contributed by atoms with E-state index in [0.717, 1.165) is 32.1 Å². The van der Waals surface area contributed by atoms with Crippen LogP contribution in [-0.2, 0) is 4.79 Å². The highest BCUT2D eigenvalue weighted by molar-refractivity contribution is 5.70. The maximum atomic E-state index is 11.0. The van der Waals surface area contributed by atoms with Crippen LogP contribution in [0.25, 0.3) is 0 Å². The Kier molecular flexibility index (Phi) is 5.26. The van der Waals surface area contributed by atoms with Crippen LogP contribution in [0.3, 0.4) is 0 Å². The summed E-state index contributed by atoms with van der Waals surface area (Å²) < 4.78 is 0. The molecule has 1 saturated carbocycles. The molecule has 0 aromatic carbocycles. The Morgan fingerprint density at radius 2 is 2.12 bits per heavy atom. The first-order valence-electron chi connectivity index (χ1n) is 6.53. The zero-order valence-electron chi connectivity index (χ0n) is 10.7. The molecule has 1 rings (SSSR count). The van der Waals surface area contributed by atoms with Crippen molar-refractivity contribution >= 4 is 5.97 Å². The first-order valence-corrected chi connectivity index (χ1v) is 6.53. The van der Waals surface area contributed by atoms with Gasteiger partial charge in [-0.15, -0.1) is 0 Å². The number of carboxylic acid groups (broad SMARTS) is 1. The first-order chi connectivity index (χ1) is 7.54. The average molecular weight is 227 g/mol. The summed E-state index contributed by atoms with van der Waals surface area (Å²) in [7, 11) is 0. The fourth-order valence-corrected chi connectivity index (χ4v) is 2.65. The molecule has 3 atom stereocenters. The summed E-state index contributed by atoms with van der Waals surface area (Å²) in [6.45, 7) is 6.63. The molecule has 1 fully saturated rings. The van der Waals surface area contributed by atoms with E-state index in [-0.39, 0.29) is 5.92 Å². The van der Waals surface area contributed by atoms with Crippen molar-refractivity contribution in [3.8, 4) is 0 Å². The number of carboxylic acids is 1. The predicted octanol–water partition coefficient (Wildman–Crippen LogP) is 2.65. The summed E-state index contributed by atoms with van der Waals surface area (Å²) in [5.41, 5.74) is 0. The zero-order valence-corrected chi connectivity index (χ0v) is 10.7. The number of hydrogen-bond donors (Lipinski definition) is 2. The van der Waals surface area contributed by atoms with Gasteiger partial charge >= 0.3 is 5.97 Å². The highest BCUT2D eigenvalue weighted by Crippen LogP contribution is 2.25. The van der Waals surface area contributed by atoms with Gasteiger partial charge in [0.05, 0.1) is 5.92 Å². The maximum Gasteiger partial charge on any atom is 0.306 e. The van der Waals surface area contributed by atoms with Gasteiger partial charge in [-0.05, 0) is 31.6 Å². The lowest BCUT2D eigenvalue weighted by atomic mass is 9.85. The third-order valence-electron chi connectivity index (χ3n) is 3.72. The number of rotatable bonds is 5. The van der Waals surface area contributed by atoms with E-state index in [1.54, 1.807) is 0 Å². The second kappa shape index (κ2) is 6.24. The second-order valence-corrected chi connectivity index (χ2v) is 5.32. The molecular formula is C13H25NO2. The molecule has 0 aromatic heterocycles. The Hall–Kier alpha value is -0.570. The van der Waals surface area contributed by atoms with Crippen molar-refractivity contribution in [2.24, 2.45) is 11.8 Å². The normalized spacial score (nSPS) is 28.0. The van der Waals surface area contributed by atoms with Crippen LogP contribution in [0, 0.1) is 11.8 Å². The molecule has 1 aliphatic carbocycles. The van der Waals surface area contributed by atoms with Gasteiger partial charge in [0, 0.05) is 12.1 Å². The minimum absolute atomic E-state index is 0.129. The molecule has 3 unspecified atom stereocenters. The third-order valence-corrected chi connectivity index (χ3v) is 3.72. The van der Waals surface area contributed by atoms with Crippen LogP contribution in [0.15, 0.2) is 0 Å². The van der Waals surface area contributed by atoms with Gasteiger partial charge in [0.25, 0.3) is 0 Å². The van der Waals surface area contributed by atoms with E-state index in [1.807, 2.05) is 0 Å². The lowest BCUT2D eigenvalue weighted by Gasteiger charge is -2.32. The van der Waals surface area contributed by atoms with Gasteiger partial charge in [0.15, 0.2) is 0 Å². The monoisotopic (exact) mass is 227 g/mol. The van der Waals surface area contributed by atoms with Gasteiger partial charge in [0.1, 0.15) is 0 Å². The van der Waals surface area contributed by atoms with E-state index in [4.69, 9.17) is 5.11 Å². The van der Waals surface area contributed by atoms with Gasteiger partial charge in [-0.1, -0.05) is 27.2 Å². The second-order valence-electron chi connectivity index (χ2n) is 5.32. The molecule has 0 bridgehead atoms. The highest BCUT2D eigenvalue weighted by atomic mass is 16.4. The smallest absolute Gasteiger partial charge is 0.306 e. The molecular weight excluding hydrogens is 202 g/mol. The minimum Gasteiger partial charge on any atom is -0.481 e. The van der Waals surface area contributed by atoms with Crippen molar-refractivity contribution in [2.75, 3.05) is 0 Å². The fraction of sp³-hybridized carbons (Fsp3) is 0.923. The van der Waals surface area contributed by atoms with E-state index >= 15 is 0 Å². The Morgan fingerprint density at radius 3 is 2.62 bits per heavy atom. The summed E-state index contributed by atoms with van der Waals surface area (Å²) in [5.74, 6) is -0.129. The summed E-state index contributed by atoms with van der Waals surface area (Å²) in [6.07, 6.45) is 4.95. The minimum atomic E-state index is -0.621. The average Bonchev–Trinajstić information content (AvgIpc) is 2.25. The van der Waals surface area contributed by atoms with Crippen molar-refractivity contribution in [3.05, 3.63) is 0 Å². The Labute approximate surface area is 98.6 Å². The van der Waals surface area contributed by atoms with Crippen molar-refractivity contribution < 1.29 is 9.90 Å². The number of carbonyl (C=O) groups is 1. The van der Waals surface area contributed by atoms with Crippen LogP contribution in [0.1, 0.15) is 52.9 Å². The van der Waals surface area contributed by atoms with Crippen LogP contribution < -0.4 is 5.32 Å². The molecule has 0 amide bonds. The Balaban J connectivity index is 2.44. The van der Waals surface area contributed by atoms with Crippen LogP contribution in [0.5, 0.6) is 0 Å². The zero-order chi connectivity index (χ0) is 12.1.